The van der Waals surface area contributed by atoms with Crippen LogP contribution in [-0.4, -0.2) is 15.0 Å². The van der Waals surface area contributed by atoms with Gasteiger partial charge in [0.25, 0.3) is 0 Å². The average molecular weight is 402 g/mol. The molecule has 0 saturated heterocycles. The number of hydrogen-bond acceptors (Lipinski definition) is 5. The maximum atomic E-state index is 5.98. The van der Waals surface area contributed by atoms with Gasteiger partial charge in [0.15, 0.2) is 5.82 Å². The van der Waals surface area contributed by atoms with Crippen molar-refractivity contribution in [1.29, 1.82) is 0 Å². The van der Waals surface area contributed by atoms with Gasteiger partial charge in [-0.05, 0) is 50.2 Å². The van der Waals surface area contributed by atoms with E-state index in [0.717, 1.165) is 16.9 Å². The lowest BCUT2D eigenvalue weighted by Crippen LogP contribution is -2.05. The standard InChI is InChI=1S/C23H20ClN5/c1-15-3-7-17(8-4-15)21-27-22(25-19-11-5-16(2)6-12-19)29-23(28-21)26-20-13-9-18(24)10-14-20/h3-14H,1-2H3,(H2,25,26,27,28,29). The van der Waals surface area contributed by atoms with Gasteiger partial charge in [0.2, 0.25) is 11.9 Å². The zero-order chi connectivity index (χ0) is 20.2. The second-order valence-electron chi connectivity index (χ2n) is 6.80. The van der Waals surface area contributed by atoms with E-state index in [9.17, 15) is 0 Å². The molecule has 2 N–H and O–H groups in total. The molecular weight excluding hydrogens is 382 g/mol. The second kappa shape index (κ2) is 8.29. The van der Waals surface area contributed by atoms with Gasteiger partial charge in [0.1, 0.15) is 0 Å². The Hall–Kier alpha value is -3.44. The third-order valence-corrected chi connectivity index (χ3v) is 4.61. The van der Waals surface area contributed by atoms with E-state index in [-0.39, 0.29) is 0 Å². The van der Waals surface area contributed by atoms with Crippen molar-refractivity contribution >= 4 is 34.9 Å². The van der Waals surface area contributed by atoms with Gasteiger partial charge in [-0.1, -0.05) is 59.1 Å². The molecule has 3 aromatic carbocycles. The van der Waals surface area contributed by atoms with Crippen LogP contribution in [0.5, 0.6) is 0 Å². The Labute approximate surface area is 174 Å². The Bertz CT molecular complexity index is 1040. The van der Waals surface area contributed by atoms with Gasteiger partial charge in [0, 0.05) is 22.0 Å². The van der Waals surface area contributed by atoms with Crippen LogP contribution in [0.4, 0.5) is 23.3 Å². The van der Waals surface area contributed by atoms with Gasteiger partial charge >= 0.3 is 0 Å². The molecule has 4 aromatic rings. The lowest BCUT2D eigenvalue weighted by Gasteiger charge is -2.11. The Morgan fingerprint density at radius 2 is 1.03 bits per heavy atom. The van der Waals surface area contributed by atoms with Crippen LogP contribution in [0.25, 0.3) is 11.4 Å². The number of aryl methyl sites for hydroxylation is 2. The topological polar surface area (TPSA) is 62.7 Å². The van der Waals surface area contributed by atoms with Crippen LogP contribution in [0.15, 0.2) is 72.8 Å². The normalized spacial score (nSPS) is 10.6. The number of hydrogen-bond donors (Lipinski definition) is 2. The number of nitrogens with one attached hydrogen (secondary N) is 2. The smallest absolute Gasteiger partial charge is 0.232 e. The summed E-state index contributed by atoms with van der Waals surface area (Å²) in [5.41, 5.74) is 5.05. The van der Waals surface area contributed by atoms with E-state index in [2.05, 4.69) is 39.4 Å². The highest BCUT2D eigenvalue weighted by Crippen LogP contribution is 2.23. The molecule has 144 valence electrons. The summed E-state index contributed by atoms with van der Waals surface area (Å²) < 4.78 is 0. The predicted molar refractivity (Wildman–Crippen MR) is 119 cm³/mol. The highest BCUT2D eigenvalue weighted by molar-refractivity contribution is 6.30. The van der Waals surface area contributed by atoms with Crippen molar-refractivity contribution in [3.63, 3.8) is 0 Å². The molecular formula is C23H20ClN5. The molecule has 29 heavy (non-hydrogen) atoms. The maximum absolute atomic E-state index is 5.98. The zero-order valence-corrected chi connectivity index (χ0v) is 16.9. The fourth-order valence-corrected chi connectivity index (χ4v) is 2.87. The Morgan fingerprint density at radius 3 is 1.55 bits per heavy atom. The number of halogens is 1. The zero-order valence-electron chi connectivity index (χ0n) is 16.1. The minimum Gasteiger partial charge on any atom is -0.324 e. The van der Waals surface area contributed by atoms with E-state index in [4.69, 9.17) is 11.6 Å². The summed E-state index contributed by atoms with van der Waals surface area (Å²) in [5.74, 6) is 1.51. The lowest BCUT2D eigenvalue weighted by atomic mass is 10.1. The summed E-state index contributed by atoms with van der Waals surface area (Å²) in [4.78, 5) is 13.7. The van der Waals surface area contributed by atoms with E-state index in [1.807, 2.05) is 72.8 Å². The molecule has 1 heterocycles. The van der Waals surface area contributed by atoms with E-state index in [1.165, 1.54) is 11.1 Å². The first-order chi connectivity index (χ1) is 14.0. The van der Waals surface area contributed by atoms with E-state index < -0.39 is 0 Å². The minimum atomic E-state index is 0.451. The maximum Gasteiger partial charge on any atom is 0.232 e. The quantitative estimate of drug-likeness (QED) is 0.411. The molecule has 0 aliphatic heterocycles. The number of nitrogens with zero attached hydrogens (tertiary/aromatic N) is 3. The fraction of sp³-hybridized carbons (Fsp3) is 0.0870. The average Bonchev–Trinajstić information content (AvgIpc) is 2.72. The molecule has 4 rings (SSSR count). The molecule has 0 spiro atoms. The summed E-state index contributed by atoms with van der Waals surface area (Å²) in [7, 11) is 0. The highest BCUT2D eigenvalue weighted by atomic mass is 35.5. The molecule has 1 aromatic heterocycles. The molecule has 0 radical (unpaired) electrons. The Morgan fingerprint density at radius 1 is 0.586 bits per heavy atom. The van der Waals surface area contributed by atoms with E-state index >= 15 is 0 Å². The van der Waals surface area contributed by atoms with Crippen molar-refractivity contribution in [2.24, 2.45) is 0 Å². The van der Waals surface area contributed by atoms with Crippen molar-refractivity contribution < 1.29 is 0 Å². The highest BCUT2D eigenvalue weighted by Gasteiger charge is 2.10. The van der Waals surface area contributed by atoms with Crippen LogP contribution >= 0.6 is 11.6 Å². The summed E-state index contributed by atoms with van der Waals surface area (Å²) in [6.45, 7) is 4.10. The van der Waals surface area contributed by atoms with Crippen LogP contribution in [-0.2, 0) is 0 Å². The van der Waals surface area contributed by atoms with Gasteiger partial charge < -0.3 is 10.6 Å². The molecule has 0 fully saturated rings. The molecule has 0 bridgehead atoms. The molecule has 6 heteroatoms. The van der Waals surface area contributed by atoms with Gasteiger partial charge in [-0.3, -0.25) is 0 Å². The summed E-state index contributed by atoms with van der Waals surface area (Å²) in [5, 5.41) is 7.17. The summed E-state index contributed by atoms with van der Waals surface area (Å²) in [6.07, 6.45) is 0. The first kappa shape index (κ1) is 18.9. The minimum absolute atomic E-state index is 0.451. The van der Waals surface area contributed by atoms with Crippen LogP contribution in [0.1, 0.15) is 11.1 Å². The number of benzene rings is 3. The van der Waals surface area contributed by atoms with Gasteiger partial charge in [-0.25, -0.2) is 0 Å². The van der Waals surface area contributed by atoms with E-state index in [0.29, 0.717) is 22.7 Å². The first-order valence-corrected chi connectivity index (χ1v) is 9.62. The van der Waals surface area contributed by atoms with Gasteiger partial charge in [0.05, 0.1) is 0 Å². The largest absolute Gasteiger partial charge is 0.324 e. The Kier molecular flexibility index (Phi) is 5.40. The molecule has 0 unspecified atom stereocenters. The third kappa shape index (κ3) is 4.89. The molecule has 0 amide bonds. The van der Waals surface area contributed by atoms with Gasteiger partial charge in [-0.15, -0.1) is 0 Å². The lowest BCUT2D eigenvalue weighted by molar-refractivity contribution is 1.07. The van der Waals surface area contributed by atoms with Crippen molar-refractivity contribution in [2.75, 3.05) is 10.6 Å². The number of anilines is 4. The molecule has 0 atom stereocenters. The van der Waals surface area contributed by atoms with Gasteiger partial charge in [-0.2, -0.15) is 15.0 Å². The van der Waals surface area contributed by atoms with Crippen molar-refractivity contribution in [3.05, 3.63) is 88.9 Å². The van der Waals surface area contributed by atoms with Crippen molar-refractivity contribution in [2.45, 2.75) is 13.8 Å². The van der Waals surface area contributed by atoms with E-state index in [1.54, 1.807) is 0 Å². The van der Waals surface area contributed by atoms with Crippen LogP contribution < -0.4 is 10.6 Å². The molecule has 5 nitrogen and oxygen atoms in total. The fourth-order valence-electron chi connectivity index (χ4n) is 2.75. The second-order valence-corrected chi connectivity index (χ2v) is 7.23. The summed E-state index contributed by atoms with van der Waals surface area (Å²) >= 11 is 5.98. The van der Waals surface area contributed by atoms with Crippen molar-refractivity contribution in [1.82, 2.24) is 15.0 Å². The molecule has 0 aliphatic carbocycles. The van der Waals surface area contributed by atoms with Crippen molar-refractivity contribution in [3.8, 4) is 11.4 Å². The number of aromatic nitrogens is 3. The monoisotopic (exact) mass is 401 g/mol. The summed E-state index contributed by atoms with van der Waals surface area (Å²) in [6, 6.07) is 23.6. The predicted octanol–water partition coefficient (Wildman–Crippen LogP) is 6.30. The van der Waals surface area contributed by atoms with Crippen LogP contribution in [0, 0.1) is 13.8 Å². The Balaban J connectivity index is 1.70. The third-order valence-electron chi connectivity index (χ3n) is 4.35. The first-order valence-electron chi connectivity index (χ1n) is 9.24. The van der Waals surface area contributed by atoms with Crippen LogP contribution in [0.2, 0.25) is 5.02 Å². The van der Waals surface area contributed by atoms with Crippen LogP contribution in [0.3, 0.4) is 0 Å². The molecule has 0 saturated carbocycles. The number of rotatable bonds is 5. The SMILES string of the molecule is Cc1ccc(Nc2nc(Nc3ccc(Cl)cc3)nc(-c3ccc(C)cc3)n2)cc1. The molecule has 0 aliphatic rings.